The highest BCUT2D eigenvalue weighted by Gasteiger charge is 2.32. The lowest BCUT2D eigenvalue weighted by atomic mass is 9.99. The number of para-hydroxylation sites is 1. The summed E-state index contributed by atoms with van der Waals surface area (Å²) in [5, 5.41) is 10.6. The Kier molecular flexibility index (Phi) is 3.87. The maximum Gasteiger partial charge on any atom is 0.141 e. The third-order valence-corrected chi connectivity index (χ3v) is 4.22. The van der Waals surface area contributed by atoms with E-state index in [1.54, 1.807) is 0 Å². The van der Waals surface area contributed by atoms with Gasteiger partial charge in [0.15, 0.2) is 0 Å². The molecular weight excluding hydrogens is 339 g/mol. The van der Waals surface area contributed by atoms with Gasteiger partial charge in [-0.3, -0.25) is 0 Å². The first-order valence-electron chi connectivity index (χ1n) is 6.55. The van der Waals surface area contributed by atoms with Gasteiger partial charge in [0.05, 0.1) is 11.6 Å². The van der Waals surface area contributed by atoms with Crippen molar-refractivity contribution in [3.63, 3.8) is 0 Å². The third-order valence-electron chi connectivity index (χ3n) is 3.62. The van der Waals surface area contributed by atoms with Gasteiger partial charge in [0.25, 0.3) is 0 Å². The van der Waals surface area contributed by atoms with Gasteiger partial charge in [-0.25, -0.2) is 4.39 Å². The first-order chi connectivity index (χ1) is 10.1. The van der Waals surface area contributed by atoms with Gasteiger partial charge in [-0.2, -0.15) is 0 Å². The second-order valence-corrected chi connectivity index (χ2v) is 5.78. The van der Waals surface area contributed by atoms with Gasteiger partial charge in [0, 0.05) is 18.1 Å². The largest absolute Gasteiger partial charge is 0.496 e. The molecule has 2 atom stereocenters. The van der Waals surface area contributed by atoms with Crippen molar-refractivity contribution in [3.8, 4) is 11.5 Å². The number of aliphatic hydroxyl groups is 1. The van der Waals surface area contributed by atoms with E-state index < -0.39 is 18.0 Å². The summed E-state index contributed by atoms with van der Waals surface area (Å²) in [6.45, 7) is 0. The maximum absolute atomic E-state index is 13.6. The highest BCUT2D eigenvalue weighted by molar-refractivity contribution is 9.10. The molecule has 3 rings (SSSR count). The Morgan fingerprint density at radius 2 is 2.14 bits per heavy atom. The van der Waals surface area contributed by atoms with Crippen LogP contribution in [0.3, 0.4) is 0 Å². The van der Waals surface area contributed by atoms with Crippen LogP contribution >= 0.6 is 15.9 Å². The van der Waals surface area contributed by atoms with Crippen molar-refractivity contribution < 1.29 is 19.0 Å². The van der Waals surface area contributed by atoms with Crippen molar-refractivity contribution in [2.45, 2.75) is 18.6 Å². The van der Waals surface area contributed by atoms with Gasteiger partial charge in [-0.1, -0.05) is 18.2 Å². The number of ether oxygens (including phenoxy) is 2. The van der Waals surface area contributed by atoms with Crippen LogP contribution in [0.2, 0.25) is 0 Å². The van der Waals surface area contributed by atoms with Crippen molar-refractivity contribution in [1.29, 1.82) is 0 Å². The third kappa shape index (κ3) is 2.63. The van der Waals surface area contributed by atoms with Gasteiger partial charge in [0.1, 0.15) is 29.5 Å². The summed E-state index contributed by atoms with van der Waals surface area (Å²) in [4.78, 5) is 0. The molecule has 0 bridgehead atoms. The molecule has 2 unspecified atom stereocenters. The lowest BCUT2D eigenvalue weighted by Crippen LogP contribution is -2.23. The number of methoxy groups -OCH3 is 1. The second-order valence-electron chi connectivity index (χ2n) is 4.92. The molecular formula is C16H14BrFO3. The van der Waals surface area contributed by atoms with E-state index in [0.29, 0.717) is 17.7 Å². The number of hydrogen-bond acceptors (Lipinski definition) is 3. The lowest BCUT2D eigenvalue weighted by Gasteiger charge is -2.21. The molecule has 1 heterocycles. The molecule has 0 amide bonds. The second kappa shape index (κ2) is 5.66. The van der Waals surface area contributed by atoms with Crippen molar-refractivity contribution in [2.24, 2.45) is 0 Å². The van der Waals surface area contributed by atoms with E-state index in [1.807, 2.05) is 24.3 Å². The van der Waals surface area contributed by atoms with Crippen molar-refractivity contribution in [1.82, 2.24) is 0 Å². The van der Waals surface area contributed by atoms with Crippen LogP contribution in [0.15, 0.2) is 40.9 Å². The topological polar surface area (TPSA) is 38.7 Å². The average molecular weight is 353 g/mol. The zero-order valence-electron chi connectivity index (χ0n) is 11.3. The molecule has 0 saturated heterocycles. The Bertz CT molecular complexity index is 650. The summed E-state index contributed by atoms with van der Waals surface area (Å²) in [6, 6.07) is 10.5. The molecule has 110 valence electrons. The monoisotopic (exact) mass is 352 g/mol. The molecule has 21 heavy (non-hydrogen) atoms. The molecule has 3 nitrogen and oxygen atoms in total. The molecule has 1 aliphatic rings. The van der Waals surface area contributed by atoms with Crippen molar-refractivity contribution in [2.75, 3.05) is 7.11 Å². The molecule has 0 radical (unpaired) electrons. The zero-order valence-corrected chi connectivity index (χ0v) is 12.9. The molecule has 0 aliphatic carbocycles. The first kappa shape index (κ1) is 14.4. The normalized spacial score (nSPS) is 18.0. The van der Waals surface area contributed by atoms with Crippen molar-refractivity contribution >= 4 is 15.9 Å². The van der Waals surface area contributed by atoms with Crippen molar-refractivity contribution in [3.05, 3.63) is 57.8 Å². The summed E-state index contributed by atoms with van der Waals surface area (Å²) in [6.07, 6.45) is -0.701. The lowest BCUT2D eigenvalue weighted by molar-refractivity contribution is 0.0474. The van der Waals surface area contributed by atoms with E-state index >= 15 is 0 Å². The minimum absolute atomic E-state index is 0.285. The number of halogens is 2. The SMILES string of the molecule is COc1cc(F)c(Br)cc1C(O)C1Cc2ccccc2O1. The molecule has 1 aliphatic heterocycles. The predicted octanol–water partition coefficient (Wildman–Crippen LogP) is 3.63. The van der Waals surface area contributed by atoms with Crippen LogP contribution in [0.4, 0.5) is 4.39 Å². The summed E-state index contributed by atoms with van der Waals surface area (Å²) < 4.78 is 24.8. The fraction of sp³-hybridized carbons (Fsp3) is 0.250. The van der Waals surface area contributed by atoms with Gasteiger partial charge >= 0.3 is 0 Å². The number of rotatable bonds is 3. The molecule has 2 aromatic rings. The summed E-state index contributed by atoms with van der Waals surface area (Å²) in [5.74, 6) is 0.655. The Morgan fingerprint density at radius 3 is 2.86 bits per heavy atom. The van der Waals surface area contributed by atoms with Crippen LogP contribution < -0.4 is 9.47 Å². The Morgan fingerprint density at radius 1 is 1.38 bits per heavy atom. The van der Waals surface area contributed by atoms with Gasteiger partial charge in [0.2, 0.25) is 0 Å². The fourth-order valence-corrected chi connectivity index (χ4v) is 2.90. The van der Waals surface area contributed by atoms with Gasteiger partial charge in [-0.05, 0) is 33.6 Å². The van der Waals surface area contributed by atoms with Crippen LogP contribution in [0, 0.1) is 5.82 Å². The maximum atomic E-state index is 13.6. The van der Waals surface area contributed by atoms with Crippen LogP contribution in [0.25, 0.3) is 0 Å². The number of fused-ring (bicyclic) bond motifs is 1. The van der Waals surface area contributed by atoms with E-state index in [9.17, 15) is 9.50 Å². The minimum Gasteiger partial charge on any atom is -0.496 e. The van der Waals surface area contributed by atoms with E-state index in [2.05, 4.69) is 15.9 Å². The van der Waals surface area contributed by atoms with Gasteiger partial charge in [-0.15, -0.1) is 0 Å². The highest BCUT2D eigenvalue weighted by Crippen LogP contribution is 2.38. The molecule has 1 N–H and O–H groups in total. The Balaban J connectivity index is 1.90. The Hall–Kier alpha value is -1.59. The summed E-state index contributed by atoms with van der Waals surface area (Å²) >= 11 is 3.13. The minimum atomic E-state index is -0.899. The Labute approximate surface area is 130 Å². The fourth-order valence-electron chi connectivity index (χ4n) is 2.54. The first-order valence-corrected chi connectivity index (χ1v) is 7.35. The van der Waals surface area contributed by atoms with Crippen LogP contribution in [-0.2, 0) is 6.42 Å². The predicted molar refractivity (Wildman–Crippen MR) is 80.2 cm³/mol. The van der Waals surface area contributed by atoms with Gasteiger partial charge < -0.3 is 14.6 Å². The number of hydrogen-bond donors (Lipinski definition) is 1. The van der Waals surface area contributed by atoms with Crippen LogP contribution in [0.1, 0.15) is 17.2 Å². The molecule has 2 aromatic carbocycles. The molecule has 0 aromatic heterocycles. The highest BCUT2D eigenvalue weighted by atomic mass is 79.9. The van der Waals surface area contributed by atoms with Crippen LogP contribution in [0.5, 0.6) is 11.5 Å². The quantitative estimate of drug-likeness (QED) is 0.916. The standard InChI is InChI=1S/C16H14BrFO3/c1-20-14-8-12(18)11(17)7-10(14)16(19)15-6-9-4-2-3-5-13(9)21-15/h2-5,7-8,15-16,19H,6H2,1H3. The smallest absolute Gasteiger partial charge is 0.141 e. The van der Waals surface area contributed by atoms with E-state index in [-0.39, 0.29) is 4.47 Å². The summed E-state index contributed by atoms with van der Waals surface area (Å²) in [7, 11) is 1.45. The molecule has 0 fully saturated rings. The summed E-state index contributed by atoms with van der Waals surface area (Å²) in [5.41, 5.74) is 1.56. The molecule has 5 heteroatoms. The van der Waals surface area contributed by atoms with E-state index in [4.69, 9.17) is 9.47 Å². The van der Waals surface area contributed by atoms with E-state index in [0.717, 1.165) is 11.3 Å². The molecule has 0 spiro atoms. The average Bonchev–Trinajstić information content (AvgIpc) is 2.92. The zero-order chi connectivity index (χ0) is 15.0. The van der Waals surface area contributed by atoms with E-state index in [1.165, 1.54) is 19.2 Å². The number of benzene rings is 2. The molecule has 0 saturated carbocycles. The van der Waals surface area contributed by atoms with Crippen LogP contribution in [-0.4, -0.2) is 18.3 Å². The number of aliphatic hydroxyl groups excluding tert-OH is 1.